The van der Waals surface area contributed by atoms with Crippen LogP contribution >= 0.6 is 0 Å². The summed E-state index contributed by atoms with van der Waals surface area (Å²) in [4.78, 5) is 11.2. The molecule has 0 saturated carbocycles. The predicted molar refractivity (Wildman–Crippen MR) is 92.1 cm³/mol. The lowest BCUT2D eigenvalue weighted by molar-refractivity contribution is -0.137. The first-order valence-corrected chi connectivity index (χ1v) is 9.50. The average Bonchev–Trinajstić information content (AvgIpc) is 2.66. The van der Waals surface area contributed by atoms with E-state index in [0.717, 1.165) is 30.3 Å². The van der Waals surface area contributed by atoms with Gasteiger partial charge >= 0.3 is 6.18 Å². The van der Waals surface area contributed by atoms with Crippen LogP contribution in [0, 0.1) is 17.1 Å². The molecular weight excluding hydrogens is 416 g/mol. The Labute approximate surface area is 163 Å². The van der Waals surface area contributed by atoms with Crippen LogP contribution in [-0.2, 0) is 25.9 Å². The van der Waals surface area contributed by atoms with Crippen LogP contribution in [0.3, 0.4) is 0 Å². The van der Waals surface area contributed by atoms with Crippen molar-refractivity contribution < 1.29 is 35.9 Å². The maximum atomic E-state index is 13.3. The molecular formula is C18H14F4N2O4S. The standard InChI is InChI=1S/C18H14F4N2O4S/c1-2-16(25)24-18(26,29(27,28)14-7-5-13(19)6-8-14)12-4-3-11(10-23)15(9-12)17(20,21)22/h3-9,26H,2H2,1H3,(H,24,25). The molecule has 154 valence electrons. The van der Waals surface area contributed by atoms with Crippen LogP contribution in [0.15, 0.2) is 47.4 Å². The SMILES string of the molecule is CCC(=O)NC(O)(c1ccc(C#N)c(C(F)(F)F)c1)S(=O)(=O)c1ccc(F)cc1. The van der Waals surface area contributed by atoms with Crippen LogP contribution in [0.2, 0.25) is 0 Å². The Bertz CT molecular complexity index is 1080. The van der Waals surface area contributed by atoms with Crippen molar-refractivity contribution >= 4 is 15.7 Å². The van der Waals surface area contributed by atoms with E-state index in [0.29, 0.717) is 6.07 Å². The Morgan fingerprint density at radius 1 is 1.17 bits per heavy atom. The topological polar surface area (TPSA) is 107 Å². The molecule has 0 aliphatic heterocycles. The highest BCUT2D eigenvalue weighted by molar-refractivity contribution is 7.92. The number of nitrogens with one attached hydrogen (secondary N) is 1. The second kappa shape index (κ2) is 7.81. The summed E-state index contributed by atoms with van der Waals surface area (Å²) >= 11 is 0. The monoisotopic (exact) mass is 430 g/mol. The van der Waals surface area contributed by atoms with E-state index in [9.17, 15) is 35.9 Å². The van der Waals surface area contributed by atoms with E-state index in [-0.39, 0.29) is 12.5 Å². The van der Waals surface area contributed by atoms with Crippen LogP contribution in [0.4, 0.5) is 17.6 Å². The van der Waals surface area contributed by atoms with Gasteiger partial charge in [-0.1, -0.05) is 13.0 Å². The first-order chi connectivity index (χ1) is 13.4. The number of amides is 1. The average molecular weight is 430 g/mol. The van der Waals surface area contributed by atoms with E-state index in [1.807, 2.05) is 5.32 Å². The van der Waals surface area contributed by atoms with Crippen LogP contribution in [-0.4, -0.2) is 19.4 Å². The number of carbonyl (C=O) groups is 1. The minimum atomic E-state index is -5.03. The summed E-state index contributed by atoms with van der Waals surface area (Å²) in [6.45, 7) is 1.33. The number of hydrogen-bond donors (Lipinski definition) is 2. The van der Waals surface area contributed by atoms with Crippen molar-refractivity contribution in [2.75, 3.05) is 0 Å². The summed E-state index contributed by atoms with van der Waals surface area (Å²) < 4.78 is 79.0. The highest BCUT2D eigenvalue weighted by Crippen LogP contribution is 2.37. The van der Waals surface area contributed by atoms with Gasteiger partial charge in [-0.05, 0) is 36.4 Å². The molecule has 11 heteroatoms. The molecule has 29 heavy (non-hydrogen) atoms. The highest BCUT2D eigenvalue weighted by Gasteiger charge is 2.47. The number of benzene rings is 2. The first-order valence-electron chi connectivity index (χ1n) is 8.02. The maximum absolute atomic E-state index is 13.3. The number of rotatable bonds is 5. The number of nitriles is 1. The summed E-state index contributed by atoms with van der Waals surface area (Å²) in [5.74, 6) is -1.76. The molecule has 0 spiro atoms. The molecule has 0 heterocycles. The van der Waals surface area contributed by atoms with Gasteiger partial charge in [-0.2, -0.15) is 18.4 Å². The first kappa shape index (κ1) is 22.3. The molecule has 6 nitrogen and oxygen atoms in total. The van der Waals surface area contributed by atoms with Gasteiger partial charge in [-0.15, -0.1) is 0 Å². The van der Waals surface area contributed by atoms with E-state index in [4.69, 9.17) is 5.26 Å². The minimum absolute atomic E-state index is 0.273. The van der Waals surface area contributed by atoms with Crippen molar-refractivity contribution in [3.05, 3.63) is 65.0 Å². The van der Waals surface area contributed by atoms with E-state index >= 15 is 0 Å². The van der Waals surface area contributed by atoms with Gasteiger partial charge in [-0.25, -0.2) is 12.8 Å². The molecule has 1 unspecified atom stereocenters. The van der Waals surface area contributed by atoms with Gasteiger partial charge in [-0.3, -0.25) is 4.79 Å². The van der Waals surface area contributed by atoms with Gasteiger partial charge in [0.25, 0.3) is 5.06 Å². The molecule has 2 N–H and O–H groups in total. The summed E-state index contributed by atoms with van der Waals surface area (Å²) in [7, 11) is -4.95. The molecule has 0 aromatic heterocycles. The molecule has 0 fully saturated rings. The molecule has 2 aromatic carbocycles. The van der Waals surface area contributed by atoms with Crippen molar-refractivity contribution in [3.63, 3.8) is 0 Å². The molecule has 0 aliphatic rings. The fraction of sp³-hybridized carbons (Fsp3) is 0.222. The van der Waals surface area contributed by atoms with Crippen LogP contribution in [0.1, 0.15) is 30.0 Å². The lowest BCUT2D eigenvalue weighted by Crippen LogP contribution is -2.51. The molecule has 0 saturated heterocycles. The van der Waals surface area contributed by atoms with Crippen molar-refractivity contribution in [2.45, 2.75) is 29.5 Å². The van der Waals surface area contributed by atoms with E-state index in [1.165, 1.54) is 13.0 Å². The summed E-state index contributed by atoms with van der Waals surface area (Å²) in [5, 5.41) is 18.3. The zero-order chi connectivity index (χ0) is 22.0. The number of hydrogen-bond acceptors (Lipinski definition) is 5. The third kappa shape index (κ3) is 4.23. The Hall–Kier alpha value is -2.97. The van der Waals surface area contributed by atoms with E-state index < -0.39 is 54.4 Å². The number of sulfone groups is 1. The summed E-state index contributed by atoms with van der Waals surface area (Å²) in [6.07, 6.45) is -5.32. The predicted octanol–water partition coefficient (Wildman–Crippen LogP) is 2.82. The van der Waals surface area contributed by atoms with Crippen LogP contribution in [0.5, 0.6) is 0 Å². The maximum Gasteiger partial charge on any atom is 0.417 e. The Morgan fingerprint density at radius 3 is 2.24 bits per heavy atom. The van der Waals surface area contributed by atoms with E-state index in [1.54, 1.807) is 0 Å². The minimum Gasteiger partial charge on any atom is -0.355 e. The Morgan fingerprint density at radius 2 is 1.76 bits per heavy atom. The number of alkyl halides is 3. The third-order valence-electron chi connectivity index (χ3n) is 3.98. The Balaban J connectivity index is 2.78. The van der Waals surface area contributed by atoms with Gasteiger partial charge in [0.2, 0.25) is 15.7 Å². The molecule has 0 bridgehead atoms. The third-order valence-corrected chi connectivity index (χ3v) is 5.99. The smallest absolute Gasteiger partial charge is 0.355 e. The molecule has 2 rings (SSSR count). The lowest BCUT2D eigenvalue weighted by atomic mass is 10.0. The fourth-order valence-electron chi connectivity index (χ4n) is 2.44. The summed E-state index contributed by atoms with van der Waals surface area (Å²) in [6, 6.07) is 6.20. The van der Waals surface area contributed by atoms with Crippen molar-refractivity contribution in [1.29, 1.82) is 5.26 Å². The zero-order valence-corrected chi connectivity index (χ0v) is 15.6. The number of nitrogens with zero attached hydrogens (tertiary/aromatic N) is 1. The van der Waals surface area contributed by atoms with Gasteiger partial charge in [0.1, 0.15) is 5.82 Å². The molecule has 2 aromatic rings. The lowest BCUT2D eigenvalue weighted by Gasteiger charge is -2.30. The second-order valence-electron chi connectivity index (χ2n) is 5.87. The molecule has 0 aliphatic carbocycles. The van der Waals surface area contributed by atoms with Crippen molar-refractivity contribution in [2.24, 2.45) is 0 Å². The highest BCUT2D eigenvalue weighted by atomic mass is 32.2. The number of carbonyl (C=O) groups excluding carboxylic acids is 1. The number of halogens is 4. The molecule has 0 radical (unpaired) electrons. The molecule has 1 atom stereocenters. The number of aliphatic hydroxyl groups is 1. The summed E-state index contributed by atoms with van der Waals surface area (Å²) in [5.41, 5.74) is -3.13. The van der Waals surface area contributed by atoms with Crippen molar-refractivity contribution in [3.8, 4) is 6.07 Å². The van der Waals surface area contributed by atoms with Crippen LogP contribution in [0.25, 0.3) is 0 Å². The van der Waals surface area contributed by atoms with Gasteiger partial charge in [0, 0.05) is 12.0 Å². The molecule has 1 amide bonds. The Kier molecular flexibility index (Phi) is 6.01. The van der Waals surface area contributed by atoms with Crippen molar-refractivity contribution in [1.82, 2.24) is 5.32 Å². The largest absolute Gasteiger partial charge is 0.417 e. The van der Waals surface area contributed by atoms with Gasteiger partial charge < -0.3 is 10.4 Å². The van der Waals surface area contributed by atoms with Gasteiger partial charge in [0.05, 0.1) is 22.1 Å². The zero-order valence-electron chi connectivity index (χ0n) is 14.8. The van der Waals surface area contributed by atoms with Gasteiger partial charge in [0.15, 0.2) is 0 Å². The van der Waals surface area contributed by atoms with Crippen LogP contribution < -0.4 is 5.32 Å². The quantitative estimate of drug-likeness (QED) is 0.431. The fourth-order valence-corrected chi connectivity index (χ4v) is 3.96. The normalized spacial score (nSPS) is 14.0. The van der Waals surface area contributed by atoms with E-state index in [2.05, 4.69) is 0 Å². The second-order valence-corrected chi connectivity index (χ2v) is 7.94.